The summed E-state index contributed by atoms with van der Waals surface area (Å²) < 4.78 is 1.20. The molecule has 0 aliphatic heterocycles. The Balaban J connectivity index is 2.46. The van der Waals surface area contributed by atoms with Gasteiger partial charge in [-0.15, -0.1) is 0 Å². The van der Waals surface area contributed by atoms with Crippen molar-refractivity contribution < 1.29 is 0 Å². The zero-order chi connectivity index (χ0) is 14.7. The monoisotopic (exact) mass is 292 g/mol. The van der Waals surface area contributed by atoms with E-state index in [2.05, 4.69) is 4.98 Å². The van der Waals surface area contributed by atoms with Gasteiger partial charge < -0.3 is 0 Å². The molecule has 0 atom stereocenters. The van der Waals surface area contributed by atoms with Crippen LogP contribution in [0.3, 0.4) is 0 Å². The number of halogens is 1. The van der Waals surface area contributed by atoms with Gasteiger partial charge in [0.25, 0.3) is 5.56 Å². The molecular formula is C15H17ClN2O2. The van der Waals surface area contributed by atoms with E-state index in [9.17, 15) is 9.59 Å². The van der Waals surface area contributed by atoms with Gasteiger partial charge in [-0.2, -0.15) is 0 Å². The summed E-state index contributed by atoms with van der Waals surface area (Å²) in [6, 6.07) is 7.74. The number of rotatable bonds is 4. The van der Waals surface area contributed by atoms with Gasteiger partial charge in [0.1, 0.15) is 5.15 Å². The normalized spacial score (nSPS) is 10.8. The first kappa shape index (κ1) is 14.6. The second-order valence-corrected chi connectivity index (χ2v) is 5.23. The molecule has 2 aromatic rings. The smallest absolute Gasteiger partial charge is 0.297 e. The van der Waals surface area contributed by atoms with Gasteiger partial charge in [-0.05, 0) is 18.9 Å². The fourth-order valence-electron chi connectivity index (χ4n) is 2.07. The Morgan fingerprint density at radius 3 is 2.45 bits per heavy atom. The van der Waals surface area contributed by atoms with Gasteiger partial charge in [-0.25, -0.2) is 4.79 Å². The van der Waals surface area contributed by atoms with Gasteiger partial charge >= 0.3 is 5.69 Å². The topological polar surface area (TPSA) is 54.9 Å². The summed E-state index contributed by atoms with van der Waals surface area (Å²) in [6.45, 7) is 4.21. The van der Waals surface area contributed by atoms with Gasteiger partial charge in [-0.3, -0.25) is 14.3 Å². The lowest BCUT2D eigenvalue weighted by Gasteiger charge is -2.09. The summed E-state index contributed by atoms with van der Waals surface area (Å²) >= 11 is 5.94. The van der Waals surface area contributed by atoms with Crippen molar-refractivity contribution >= 4 is 11.6 Å². The molecule has 0 aliphatic rings. The molecule has 20 heavy (non-hydrogen) atoms. The lowest BCUT2D eigenvalue weighted by Crippen LogP contribution is -2.37. The molecule has 0 amide bonds. The zero-order valence-electron chi connectivity index (χ0n) is 11.6. The molecule has 4 nitrogen and oxygen atoms in total. The van der Waals surface area contributed by atoms with E-state index in [0.29, 0.717) is 12.0 Å². The van der Waals surface area contributed by atoms with E-state index in [1.165, 1.54) is 4.57 Å². The lowest BCUT2D eigenvalue weighted by atomic mass is 10.1. The van der Waals surface area contributed by atoms with E-state index >= 15 is 0 Å². The maximum atomic E-state index is 12.3. The Bertz CT molecular complexity index is 714. The van der Waals surface area contributed by atoms with E-state index in [1.54, 1.807) is 0 Å². The third-order valence-electron chi connectivity index (χ3n) is 3.19. The molecular weight excluding hydrogens is 276 g/mol. The average molecular weight is 293 g/mol. The SMILES string of the molecule is CCCc1c(Cl)[nH]c(=O)n(Cc2ccc(C)cc2)c1=O. The predicted octanol–water partition coefficient (Wildman–Crippen LogP) is 2.50. The van der Waals surface area contributed by atoms with Crippen LogP contribution in [0, 0.1) is 6.92 Å². The molecule has 0 aliphatic carbocycles. The van der Waals surface area contributed by atoms with Crippen molar-refractivity contribution in [1.82, 2.24) is 9.55 Å². The molecule has 0 saturated carbocycles. The van der Waals surface area contributed by atoms with Crippen LogP contribution in [-0.4, -0.2) is 9.55 Å². The van der Waals surface area contributed by atoms with Crippen LogP contribution in [0.25, 0.3) is 0 Å². The number of aromatic amines is 1. The predicted molar refractivity (Wildman–Crippen MR) is 80.6 cm³/mol. The number of hydrogen-bond donors (Lipinski definition) is 1. The summed E-state index contributed by atoms with van der Waals surface area (Å²) in [5.41, 5.74) is 1.74. The quantitative estimate of drug-likeness (QED) is 0.880. The first-order chi connectivity index (χ1) is 9.52. The molecule has 5 heteroatoms. The Morgan fingerprint density at radius 2 is 1.85 bits per heavy atom. The van der Waals surface area contributed by atoms with Crippen LogP contribution in [0.4, 0.5) is 0 Å². The van der Waals surface area contributed by atoms with Crippen LogP contribution in [0.15, 0.2) is 33.9 Å². The molecule has 2 rings (SSSR count). The van der Waals surface area contributed by atoms with Gasteiger partial charge in [0, 0.05) is 0 Å². The first-order valence-corrected chi connectivity index (χ1v) is 6.97. The molecule has 0 spiro atoms. The van der Waals surface area contributed by atoms with Crippen LogP contribution in [0.1, 0.15) is 30.0 Å². The van der Waals surface area contributed by atoms with E-state index in [-0.39, 0.29) is 17.3 Å². The average Bonchev–Trinajstić information content (AvgIpc) is 2.41. The third kappa shape index (κ3) is 3.02. The van der Waals surface area contributed by atoms with Crippen molar-refractivity contribution in [2.24, 2.45) is 0 Å². The van der Waals surface area contributed by atoms with Crippen LogP contribution < -0.4 is 11.2 Å². The van der Waals surface area contributed by atoms with E-state index in [4.69, 9.17) is 11.6 Å². The first-order valence-electron chi connectivity index (χ1n) is 6.60. The molecule has 0 radical (unpaired) electrons. The molecule has 0 fully saturated rings. The number of nitrogens with zero attached hydrogens (tertiary/aromatic N) is 1. The van der Waals surface area contributed by atoms with Gasteiger partial charge in [0.2, 0.25) is 0 Å². The zero-order valence-corrected chi connectivity index (χ0v) is 12.3. The van der Waals surface area contributed by atoms with Gasteiger partial charge in [0.05, 0.1) is 12.1 Å². The maximum Gasteiger partial charge on any atom is 0.329 e. The molecule has 106 valence electrons. The van der Waals surface area contributed by atoms with Crippen molar-refractivity contribution in [3.05, 3.63) is 66.9 Å². The summed E-state index contributed by atoms with van der Waals surface area (Å²) in [7, 11) is 0. The van der Waals surface area contributed by atoms with Crippen LogP contribution in [0.5, 0.6) is 0 Å². The molecule has 1 heterocycles. The highest BCUT2D eigenvalue weighted by atomic mass is 35.5. The fraction of sp³-hybridized carbons (Fsp3) is 0.333. The molecule has 0 unspecified atom stereocenters. The second-order valence-electron chi connectivity index (χ2n) is 4.85. The summed E-state index contributed by atoms with van der Waals surface area (Å²) in [5, 5.41) is 0.155. The standard InChI is InChI=1S/C15H17ClN2O2/c1-3-4-12-13(16)17-15(20)18(14(12)19)9-11-7-5-10(2)6-8-11/h5-8H,3-4,9H2,1-2H3,(H,17,20). The minimum atomic E-state index is -0.472. The Labute approximate surface area is 122 Å². The lowest BCUT2D eigenvalue weighted by molar-refractivity contribution is 0.680. The molecule has 1 N–H and O–H groups in total. The summed E-state index contributed by atoms with van der Waals surface area (Å²) in [4.78, 5) is 26.8. The van der Waals surface area contributed by atoms with E-state index in [0.717, 1.165) is 17.5 Å². The highest BCUT2D eigenvalue weighted by Gasteiger charge is 2.12. The molecule has 0 saturated heterocycles. The van der Waals surface area contributed by atoms with Gasteiger partial charge in [0.15, 0.2) is 0 Å². The van der Waals surface area contributed by atoms with Crippen LogP contribution >= 0.6 is 11.6 Å². The van der Waals surface area contributed by atoms with Crippen molar-refractivity contribution in [2.45, 2.75) is 33.2 Å². The number of aryl methyl sites for hydroxylation is 1. The number of H-pyrrole nitrogens is 1. The highest BCUT2D eigenvalue weighted by molar-refractivity contribution is 6.30. The minimum absolute atomic E-state index is 0.155. The van der Waals surface area contributed by atoms with E-state index < -0.39 is 5.69 Å². The highest BCUT2D eigenvalue weighted by Crippen LogP contribution is 2.09. The van der Waals surface area contributed by atoms with Crippen molar-refractivity contribution in [2.75, 3.05) is 0 Å². The molecule has 1 aromatic heterocycles. The number of hydrogen-bond acceptors (Lipinski definition) is 2. The van der Waals surface area contributed by atoms with Crippen molar-refractivity contribution in [1.29, 1.82) is 0 Å². The Morgan fingerprint density at radius 1 is 1.20 bits per heavy atom. The Kier molecular flexibility index (Phi) is 4.45. The number of benzene rings is 1. The van der Waals surface area contributed by atoms with Crippen molar-refractivity contribution in [3.8, 4) is 0 Å². The number of aromatic nitrogens is 2. The minimum Gasteiger partial charge on any atom is -0.297 e. The van der Waals surface area contributed by atoms with E-state index in [1.807, 2.05) is 38.1 Å². The summed E-state index contributed by atoms with van der Waals surface area (Å²) in [5.74, 6) is 0. The van der Waals surface area contributed by atoms with Crippen molar-refractivity contribution in [3.63, 3.8) is 0 Å². The largest absolute Gasteiger partial charge is 0.329 e. The molecule has 1 aromatic carbocycles. The number of nitrogens with one attached hydrogen (secondary N) is 1. The molecule has 0 bridgehead atoms. The Hall–Kier alpha value is -1.81. The third-order valence-corrected chi connectivity index (χ3v) is 3.51. The van der Waals surface area contributed by atoms with Crippen LogP contribution in [0.2, 0.25) is 5.15 Å². The maximum absolute atomic E-state index is 12.3. The van der Waals surface area contributed by atoms with Crippen LogP contribution in [-0.2, 0) is 13.0 Å². The van der Waals surface area contributed by atoms with Gasteiger partial charge in [-0.1, -0.05) is 54.8 Å². The fourth-order valence-corrected chi connectivity index (χ4v) is 2.33. The summed E-state index contributed by atoms with van der Waals surface area (Å²) in [6.07, 6.45) is 1.36. The second kappa shape index (κ2) is 6.09.